The van der Waals surface area contributed by atoms with E-state index in [0.29, 0.717) is 6.10 Å². The number of aryl methyl sites for hydroxylation is 1. The van der Waals surface area contributed by atoms with Crippen molar-refractivity contribution in [1.82, 2.24) is 0 Å². The second-order valence-electron chi connectivity index (χ2n) is 4.27. The fourth-order valence-electron chi connectivity index (χ4n) is 2.19. The number of rotatable bonds is 4. The van der Waals surface area contributed by atoms with Crippen LogP contribution in [0.3, 0.4) is 0 Å². The number of fused-ring (bicyclic) bond motifs is 1. The van der Waals surface area contributed by atoms with Gasteiger partial charge in [-0.05, 0) is 44.4 Å². The van der Waals surface area contributed by atoms with Crippen LogP contribution in [0, 0.1) is 0 Å². The summed E-state index contributed by atoms with van der Waals surface area (Å²) in [4.78, 5) is 0. The fraction of sp³-hybridized carbons (Fsp3) is 0.538. The summed E-state index contributed by atoms with van der Waals surface area (Å²) in [5.74, 6) is 1.09. The van der Waals surface area contributed by atoms with Crippen LogP contribution in [0.25, 0.3) is 0 Å². The molecule has 2 nitrogen and oxygen atoms in total. The number of hydrogen-bond donors (Lipinski definition) is 1. The van der Waals surface area contributed by atoms with Crippen molar-refractivity contribution in [3.05, 3.63) is 29.3 Å². The van der Waals surface area contributed by atoms with Gasteiger partial charge in [-0.2, -0.15) is 0 Å². The van der Waals surface area contributed by atoms with Crippen molar-refractivity contribution in [2.24, 2.45) is 5.73 Å². The van der Waals surface area contributed by atoms with Crippen molar-refractivity contribution in [1.29, 1.82) is 0 Å². The van der Waals surface area contributed by atoms with Gasteiger partial charge in [0.15, 0.2) is 0 Å². The van der Waals surface area contributed by atoms with Gasteiger partial charge < -0.3 is 10.5 Å². The van der Waals surface area contributed by atoms with Gasteiger partial charge in [-0.25, -0.2) is 0 Å². The predicted octanol–water partition coefficient (Wildman–Crippen LogP) is 2.29. The Morgan fingerprint density at radius 2 is 2.27 bits per heavy atom. The van der Waals surface area contributed by atoms with Crippen molar-refractivity contribution in [2.45, 2.75) is 38.7 Å². The lowest BCUT2D eigenvalue weighted by Crippen LogP contribution is -2.05. The number of unbranched alkanes of at least 4 members (excludes halogenated alkanes) is 1. The first-order valence-electron chi connectivity index (χ1n) is 5.78. The molecule has 15 heavy (non-hydrogen) atoms. The third-order valence-electron chi connectivity index (χ3n) is 2.95. The highest BCUT2D eigenvalue weighted by atomic mass is 16.5. The Labute approximate surface area is 91.4 Å². The van der Waals surface area contributed by atoms with E-state index in [1.807, 2.05) is 0 Å². The fourth-order valence-corrected chi connectivity index (χ4v) is 2.19. The van der Waals surface area contributed by atoms with Crippen molar-refractivity contribution in [3.63, 3.8) is 0 Å². The molecule has 1 atom stereocenters. The van der Waals surface area contributed by atoms with Crippen LogP contribution in [-0.4, -0.2) is 12.6 Å². The molecule has 0 aromatic heterocycles. The van der Waals surface area contributed by atoms with Crippen molar-refractivity contribution in [2.75, 3.05) is 6.54 Å². The number of ether oxygens (including phenoxy) is 1. The third-order valence-corrected chi connectivity index (χ3v) is 2.95. The van der Waals surface area contributed by atoms with E-state index in [-0.39, 0.29) is 0 Å². The first-order chi connectivity index (χ1) is 7.31. The lowest BCUT2D eigenvalue weighted by molar-refractivity contribution is 0.254. The van der Waals surface area contributed by atoms with Crippen LogP contribution in [-0.2, 0) is 12.8 Å². The van der Waals surface area contributed by atoms with E-state index in [9.17, 15) is 0 Å². The molecule has 2 N–H and O–H groups in total. The molecule has 1 aromatic carbocycles. The number of benzene rings is 1. The van der Waals surface area contributed by atoms with E-state index in [0.717, 1.165) is 31.6 Å². The molecular weight excluding hydrogens is 186 g/mol. The molecule has 0 saturated carbocycles. The zero-order chi connectivity index (χ0) is 10.7. The molecule has 1 aliphatic rings. The average molecular weight is 205 g/mol. The maximum atomic E-state index is 5.73. The molecule has 0 spiro atoms. The lowest BCUT2D eigenvalue weighted by Gasteiger charge is -2.05. The molecule has 2 rings (SSSR count). The zero-order valence-electron chi connectivity index (χ0n) is 9.33. The summed E-state index contributed by atoms with van der Waals surface area (Å²) in [5, 5.41) is 0. The van der Waals surface area contributed by atoms with E-state index < -0.39 is 0 Å². The maximum Gasteiger partial charge on any atom is 0.123 e. The summed E-state index contributed by atoms with van der Waals surface area (Å²) in [5.41, 5.74) is 8.37. The van der Waals surface area contributed by atoms with Gasteiger partial charge in [0.1, 0.15) is 11.9 Å². The van der Waals surface area contributed by atoms with Gasteiger partial charge in [-0.3, -0.25) is 0 Å². The normalized spacial score (nSPS) is 18.7. The summed E-state index contributed by atoms with van der Waals surface area (Å²) in [6, 6.07) is 6.39. The molecule has 2 heteroatoms. The molecule has 1 unspecified atom stereocenters. The number of nitrogens with two attached hydrogens (primary N) is 1. The smallest absolute Gasteiger partial charge is 0.123 e. The minimum absolute atomic E-state index is 0.343. The molecule has 0 radical (unpaired) electrons. The predicted molar refractivity (Wildman–Crippen MR) is 62.2 cm³/mol. The average Bonchev–Trinajstić information content (AvgIpc) is 2.59. The van der Waals surface area contributed by atoms with Gasteiger partial charge in [0.25, 0.3) is 0 Å². The van der Waals surface area contributed by atoms with Crippen LogP contribution >= 0.6 is 0 Å². The second kappa shape index (κ2) is 4.67. The second-order valence-corrected chi connectivity index (χ2v) is 4.27. The Hall–Kier alpha value is -1.02. The highest BCUT2D eigenvalue weighted by Crippen LogP contribution is 2.31. The minimum atomic E-state index is 0.343. The summed E-state index contributed by atoms with van der Waals surface area (Å²) in [7, 11) is 0. The van der Waals surface area contributed by atoms with E-state index >= 15 is 0 Å². The standard InChI is InChI=1S/C13H19NO/c1-10-9-12-11(5-2-3-8-14)6-4-7-13(12)15-10/h4,6-7,10H,2-3,5,8-9,14H2,1H3. The van der Waals surface area contributed by atoms with Crippen molar-refractivity contribution < 1.29 is 4.74 Å². The largest absolute Gasteiger partial charge is 0.490 e. The Kier molecular flexibility index (Phi) is 3.27. The van der Waals surface area contributed by atoms with Crippen LogP contribution in [0.1, 0.15) is 30.9 Å². The van der Waals surface area contributed by atoms with Crippen molar-refractivity contribution >= 4 is 0 Å². The summed E-state index contributed by atoms with van der Waals surface area (Å²) in [6.45, 7) is 2.92. The topological polar surface area (TPSA) is 35.2 Å². The monoisotopic (exact) mass is 205 g/mol. The molecule has 0 amide bonds. The Morgan fingerprint density at radius 1 is 1.40 bits per heavy atom. The molecule has 1 heterocycles. The van der Waals surface area contributed by atoms with Crippen LogP contribution in [0.4, 0.5) is 0 Å². The Balaban J connectivity index is 2.09. The molecule has 0 fully saturated rings. The summed E-state index contributed by atoms with van der Waals surface area (Å²) < 4.78 is 5.73. The minimum Gasteiger partial charge on any atom is -0.490 e. The maximum absolute atomic E-state index is 5.73. The lowest BCUT2D eigenvalue weighted by atomic mass is 9.99. The quantitative estimate of drug-likeness (QED) is 0.765. The van der Waals surface area contributed by atoms with E-state index in [2.05, 4.69) is 25.1 Å². The molecule has 1 aromatic rings. The highest BCUT2D eigenvalue weighted by Gasteiger charge is 2.20. The van der Waals surface area contributed by atoms with Crippen LogP contribution in [0.2, 0.25) is 0 Å². The van der Waals surface area contributed by atoms with Crippen LogP contribution in [0.5, 0.6) is 5.75 Å². The summed E-state index contributed by atoms with van der Waals surface area (Å²) in [6.07, 6.45) is 4.84. The zero-order valence-corrected chi connectivity index (χ0v) is 9.33. The first-order valence-corrected chi connectivity index (χ1v) is 5.78. The van der Waals surface area contributed by atoms with E-state index in [4.69, 9.17) is 10.5 Å². The van der Waals surface area contributed by atoms with Gasteiger partial charge >= 0.3 is 0 Å². The Bertz CT molecular complexity index is 335. The van der Waals surface area contributed by atoms with Gasteiger partial charge in [-0.1, -0.05) is 12.1 Å². The van der Waals surface area contributed by atoms with Gasteiger partial charge in [0, 0.05) is 12.0 Å². The molecule has 0 bridgehead atoms. The summed E-state index contributed by atoms with van der Waals surface area (Å²) >= 11 is 0. The SMILES string of the molecule is CC1Cc2c(CCCCN)cccc2O1. The Morgan fingerprint density at radius 3 is 3.07 bits per heavy atom. The van der Waals surface area contributed by atoms with Gasteiger partial charge in [0.05, 0.1) is 0 Å². The molecule has 82 valence electrons. The molecular formula is C13H19NO. The molecule has 0 saturated heterocycles. The van der Waals surface area contributed by atoms with E-state index in [1.54, 1.807) is 0 Å². The highest BCUT2D eigenvalue weighted by molar-refractivity contribution is 5.43. The molecule has 0 aliphatic carbocycles. The van der Waals surface area contributed by atoms with Crippen LogP contribution in [0.15, 0.2) is 18.2 Å². The molecule has 1 aliphatic heterocycles. The van der Waals surface area contributed by atoms with Crippen LogP contribution < -0.4 is 10.5 Å². The third kappa shape index (κ3) is 2.32. The van der Waals surface area contributed by atoms with E-state index in [1.165, 1.54) is 17.5 Å². The first kappa shape index (κ1) is 10.5. The number of hydrogen-bond acceptors (Lipinski definition) is 2. The van der Waals surface area contributed by atoms with Crippen molar-refractivity contribution in [3.8, 4) is 5.75 Å². The van der Waals surface area contributed by atoms with Gasteiger partial charge in [-0.15, -0.1) is 0 Å². The van der Waals surface area contributed by atoms with Gasteiger partial charge in [0.2, 0.25) is 0 Å².